The van der Waals surface area contributed by atoms with Crippen LogP contribution in [0.1, 0.15) is 30.6 Å². The number of esters is 1. The SMILES string of the molecule is CCOC(=O)c1ccc(NC(=O)CN2C(=O)CC(C)S(=O)(=O)c3ccccc32)cc1. The molecule has 0 aliphatic carbocycles. The molecule has 2 aromatic rings. The molecule has 0 saturated carbocycles. The molecule has 1 unspecified atom stereocenters. The first kappa shape index (κ1) is 21.5. The molecule has 1 atom stereocenters. The summed E-state index contributed by atoms with van der Waals surface area (Å²) in [5, 5.41) is 1.78. The summed E-state index contributed by atoms with van der Waals surface area (Å²) in [6.45, 7) is 3.12. The molecule has 1 heterocycles. The summed E-state index contributed by atoms with van der Waals surface area (Å²) in [5.41, 5.74) is 0.981. The summed E-state index contributed by atoms with van der Waals surface area (Å²) >= 11 is 0. The number of hydrogen-bond donors (Lipinski definition) is 1. The van der Waals surface area contributed by atoms with E-state index < -0.39 is 32.9 Å². The summed E-state index contributed by atoms with van der Waals surface area (Å²) in [4.78, 5) is 38.2. The first-order valence-corrected chi connectivity index (χ1v) is 11.0. The Morgan fingerprint density at radius 1 is 1.13 bits per heavy atom. The average molecular weight is 430 g/mol. The number of benzene rings is 2. The molecule has 0 fully saturated rings. The number of rotatable bonds is 5. The van der Waals surface area contributed by atoms with Crippen molar-refractivity contribution < 1.29 is 27.5 Å². The largest absolute Gasteiger partial charge is 0.462 e. The topological polar surface area (TPSA) is 110 Å². The Morgan fingerprint density at radius 3 is 2.47 bits per heavy atom. The molecule has 8 nitrogen and oxygen atoms in total. The van der Waals surface area contributed by atoms with E-state index in [0.717, 1.165) is 0 Å². The van der Waals surface area contributed by atoms with Gasteiger partial charge in [-0.2, -0.15) is 0 Å². The third-order valence-electron chi connectivity index (χ3n) is 4.74. The minimum Gasteiger partial charge on any atom is -0.462 e. The molecule has 0 radical (unpaired) electrons. The summed E-state index contributed by atoms with van der Waals surface area (Å²) in [5.74, 6) is -1.39. The van der Waals surface area contributed by atoms with Crippen molar-refractivity contribution in [2.75, 3.05) is 23.4 Å². The second-order valence-electron chi connectivity index (χ2n) is 6.85. The average Bonchev–Trinajstić information content (AvgIpc) is 2.78. The normalized spacial score (nSPS) is 17.6. The minimum atomic E-state index is -3.67. The van der Waals surface area contributed by atoms with Crippen LogP contribution in [-0.4, -0.2) is 44.6 Å². The summed E-state index contributed by atoms with van der Waals surface area (Å²) in [6, 6.07) is 12.3. The van der Waals surface area contributed by atoms with Crippen LogP contribution in [0.2, 0.25) is 0 Å². The fourth-order valence-corrected chi connectivity index (χ4v) is 4.69. The van der Waals surface area contributed by atoms with E-state index >= 15 is 0 Å². The third kappa shape index (κ3) is 4.35. The van der Waals surface area contributed by atoms with E-state index in [4.69, 9.17) is 4.74 Å². The molecule has 1 N–H and O–H groups in total. The number of sulfone groups is 1. The van der Waals surface area contributed by atoms with Crippen molar-refractivity contribution in [3.63, 3.8) is 0 Å². The van der Waals surface area contributed by atoms with Gasteiger partial charge in [-0.05, 0) is 50.2 Å². The second kappa shape index (κ2) is 8.66. The van der Waals surface area contributed by atoms with Gasteiger partial charge >= 0.3 is 5.97 Å². The number of amides is 2. The zero-order valence-electron chi connectivity index (χ0n) is 16.6. The number of ether oxygens (including phenoxy) is 1. The van der Waals surface area contributed by atoms with Gasteiger partial charge in [0.15, 0.2) is 9.84 Å². The van der Waals surface area contributed by atoms with Crippen molar-refractivity contribution in [3.8, 4) is 0 Å². The van der Waals surface area contributed by atoms with Crippen LogP contribution < -0.4 is 10.2 Å². The molecule has 0 bridgehead atoms. The highest BCUT2D eigenvalue weighted by molar-refractivity contribution is 7.92. The highest BCUT2D eigenvalue weighted by Gasteiger charge is 2.36. The quantitative estimate of drug-likeness (QED) is 0.730. The fraction of sp³-hybridized carbons (Fsp3) is 0.286. The molecule has 2 amide bonds. The van der Waals surface area contributed by atoms with Gasteiger partial charge < -0.3 is 15.0 Å². The number of nitrogens with one attached hydrogen (secondary N) is 1. The van der Waals surface area contributed by atoms with Crippen LogP contribution in [0, 0.1) is 0 Å². The third-order valence-corrected chi connectivity index (χ3v) is 6.92. The van der Waals surface area contributed by atoms with E-state index in [1.54, 1.807) is 31.2 Å². The minimum absolute atomic E-state index is 0.0370. The zero-order valence-corrected chi connectivity index (χ0v) is 17.4. The maximum atomic E-state index is 12.7. The lowest BCUT2D eigenvalue weighted by Gasteiger charge is -2.21. The summed E-state index contributed by atoms with van der Waals surface area (Å²) in [7, 11) is -3.67. The molecule has 1 aliphatic heterocycles. The second-order valence-corrected chi connectivity index (χ2v) is 9.19. The lowest BCUT2D eigenvalue weighted by molar-refractivity contribution is -0.121. The van der Waals surface area contributed by atoms with Gasteiger partial charge in [-0.15, -0.1) is 0 Å². The van der Waals surface area contributed by atoms with Gasteiger partial charge in [0.1, 0.15) is 6.54 Å². The van der Waals surface area contributed by atoms with Crippen LogP contribution in [0.5, 0.6) is 0 Å². The lowest BCUT2D eigenvalue weighted by Crippen LogP contribution is -2.38. The molecule has 0 aromatic heterocycles. The Labute approximate surface area is 174 Å². The van der Waals surface area contributed by atoms with E-state index in [1.165, 1.54) is 36.1 Å². The van der Waals surface area contributed by atoms with Crippen molar-refractivity contribution in [1.82, 2.24) is 0 Å². The monoisotopic (exact) mass is 430 g/mol. The summed E-state index contributed by atoms with van der Waals surface area (Å²) in [6.07, 6.45) is -0.210. The number of nitrogens with zero attached hydrogens (tertiary/aromatic N) is 1. The van der Waals surface area contributed by atoms with Crippen LogP contribution in [0.25, 0.3) is 0 Å². The van der Waals surface area contributed by atoms with Crippen LogP contribution in [0.4, 0.5) is 11.4 Å². The van der Waals surface area contributed by atoms with Crippen molar-refractivity contribution >= 4 is 39.0 Å². The Bertz CT molecular complexity index is 1080. The van der Waals surface area contributed by atoms with Gasteiger partial charge in [0, 0.05) is 12.1 Å². The van der Waals surface area contributed by atoms with E-state index in [2.05, 4.69) is 5.32 Å². The van der Waals surface area contributed by atoms with E-state index in [0.29, 0.717) is 11.3 Å². The maximum absolute atomic E-state index is 12.7. The molecule has 3 rings (SSSR count). The first-order chi connectivity index (χ1) is 14.2. The van der Waals surface area contributed by atoms with Crippen molar-refractivity contribution in [3.05, 3.63) is 54.1 Å². The fourth-order valence-electron chi connectivity index (χ4n) is 3.16. The molecule has 9 heteroatoms. The summed E-state index contributed by atoms with van der Waals surface area (Å²) < 4.78 is 30.3. The van der Waals surface area contributed by atoms with Gasteiger partial charge in [0.05, 0.1) is 28.0 Å². The molecular weight excluding hydrogens is 408 g/mol. The number of fused-ring (bicyclic) bond motifs is 1. The Hall–Kier alpha value is -3.20. The van der Waals surface area contributed by atoms with Gasteiger partial charge in [-0.1, -0.05) is 12.1 Å². The van der Waals surface area contributed by atoms with Crippen molar-refractivity contribution in [2.24, 2.45) is 0 Å². The number of carbonyl (C=O) groups is 3. The Morgan fingerprint density at radius 2 is 1.80 bits per heavy atom. The Kier molecular flexibility index (Phi) is 6.21. The Balaban J connectivity index is 1.79. The number of para-hydroxylation sites is 1. The smallest absolute Gasteiger partial charge is 0.338 e. The number of carbonyl (C=O) groups excluding carboxylic acids is 3. The van der Waals surface area contributed by atoms with Crippen molar-refractivity contribution in [2.45, 2.75) is 30.4 Å². The number of anilines is 2. The van der Waals surface area contributed by atoms with Crippen LogP contribution in [0.3, 0.4) is 0 Å². The molecule has 2 aromatic carbocycles. The van der Waals surface area contributed by atoms with Crippen LogP contribution in [0.15, 0.2) is 53.4 Å². The van der Waals surface area contributed by atoms with Gasteiger partial charge in [0.2, 0.25) is 11.8 Å². The van der Waals surface area contributed by atoms with E-state index in [1.807, 2.05) is 0 Å². The maximum Gasteiger partial charge on any atom is 0.338 e. The van der Waals surface area contributed by atoms with Gasteiger partial charge in [0.25, 0.3) is 0 Å². The standard InChI is InChI=1S/C21H22N2O6S/c1-3-29-21(26)15-8-10-16(11-9-15)22-19(24)13-23-17-6-4-5-7-18(17)30(27,28)14(2)12-20(23)25/h4-11,14H,3,12-13H2,1-2H3,(H,22,24). The molecule has 1 aliphatic rings. The first-order valence-electron chi connectivity index (χ1n) is 9.44. The molecule has 158 valence electrons. The molecule has 0 spiro atoms. The van der Waals surface area contributed by atoms with Crippen LogP contribution in [-0.2, 0) is 24.2 Å². The van der Waals surface area contributed by atoms with Crippen LogP contribution >= 0.6 is 0 Å². The molecule has 0 saturated heterocycles. The zero-order chi connectivity index (χ0) is 21.9. The van der Waals surface area contributed by atoms with Gasteiger partial charge in [-0.3, -0.25) is 9.59 Å². The highest BCUT2D eigenvalue weighted by atomic mass is 32.2. The number of hydrogen-bond acceptors (Lipinski definition) is 6. The van der Waals surface area contributed by atoms with Crippen molar-refractivity contribution in [1.29, 1.82) is 0 Å². The van der Waals surface area contributed by atoms with Gasteiger partial charge in [-0.25, -0.2) is 13.2 Å². The lowest BCUT2D eigenvalue weighted by atomic mass is 10.2. The predicted octanol–water partition coefficient (Wildman–Crippen LogP) is 2.40. The molecular formula is C21H22N2O6S. The van der Waals surface area contributed by atoms with E-state index in [-0.39, 0.29) is 30.2 Å². The highest BCUT2D eigenvalue weighted by Crippen LogP contribution is 2.33. The van der Waals surface area contributed by atoms with E-state index in [9.17, 15) is 22.8 Å². The predicted molar refractivity (Wildman–Crippen MR) is 111 cm³/mol. The molecule has 30 heavy (non-hydrogen) atoms.